The molecule has 1 heterocycles. The molecule has 1 aromatic heterocycles. The zero-order valence-corrected chi connectivity index (χ0v) is 17.5. The third-order valence-corrected chi connectivity index (χ3v) is 5.96. The highest BCUT2D eigenvalue weighted by atomic mass is 35.5. The zero-order chi connectivity index (χ0) is 20.7. The molecule has 1 N–H and O–H groups in total. The van der Waals surface area contributed by atoms with Crippen LogP contribution < -0.4 is 5.56 Å². The van der Waals surface area contributed by atoms with Crippen molar-refractivity contribution in [2.75, 3.05) is 0 Å². The number of aliphatic carboxylic acids is 1. The van der Waals surface area contributed by atoms with E-state index in [-0.39, 0.29) is 11.6 Å². The van der Waals surface area contributed by atoms with Crippen molar-refractivity contribution in [1.82, 2.24) is 4.57 Å². The van der Waals surface area contributed by atoms with E-state index in [2.05, 4.69) is 0 Å². The first-order chi connectivity index (χ1) is 13.9. The van der Waals surface area contributed by atoms with Crippen LogP contribution in [0.1, 0.15) is 50.1 Å². The summed E-state index contributed by atoms with van der Waals surface area (Å²) in [7, 11) is 0. The van der Waals surface area contributed by atoms with E-state index in [4.69, 9.17) is 23.2 Å². The first kappa shape index (κ1) is 20.0. The topological polar surface area (TPSA) is 59.3 Å². The third-order valence-electron chi connectivity index (χ3n) is 5.47. The second-order valence-corrected chi connectivity index (χ2v) is 8.42. The molecule has 1 saturated carbocycles. The molecule has 1 fully saturated rings. The van der Waals surface area contributed by atoms with Crippen LogP contribution in [0.25, 0.3) is 22.0 Å². The molecule has 0 amide bonds. The number of pyridine rings is 1. The molecule has 0 radical (unpaired) electrons. The predicted molar refractivity (Wildman–Crippen MR) is 117 cm³/mol. The lowest BCUT2D eigenvalue weighted by atomic mass is 9.86. The molecule has 0 aliphatic heterocycles. The summed E-state index contributed by atoms with van der Waals surface area (Å²) in [6.07, 6.45) is 2.89. The van der Waals surface area contributed by atoms with E-state index in [1.54, 1.807) is 22.8 Å². The highest BCUT2D eigenvalue weighted by Gasteiger charge is 2.33. The molecule has 1 unspecified atom stereocenters. The summed E-state index contributed by atoms with van der Waals surface area (Å²) in [4.78, 5) is 25.9. The van der Waals surface area contributed by atoms with Crippen molar-refractivity contribution < 1.29 is 9.90 Å². The Labute approximate surface area is 178 Å². The molecule has 150 valence electrons. The SMILES string of the molecule is CCCC(C(=O)O)c1c(-c2ccc(Cl)cc2)c2cc(Cl)ccc2n(C2CC2)c1=O. The zero-order valence-electron chi connectivity index (χ0n) is 16.0. The molecule has 4 nitrogen and oxygen atoms in total. The second kappa shape index (κ2) is 7.85. The smallest absolute Gasteiger partial charge is 0.311 e. The van der Waals surface area contributed by atoms with Crippen molar-refractivity contribution in [2.45, 2.75) is 44.6 Å². The Hall–Kier alpha value is -2.30. The van der Waals surface area contributed by atoms with Gasteiger partial charge in [0.1, 0.15) is 0 Å². The molecule has 4 rings (SSSR count). The van der Waals surface area contributed by atoms with Crippen LogP contribution in [0, 0.1) is 0 Å². The standard InChI is InChI=1S/C23H21Cl2NO3/c1-2-3-17(23(28)29)21-20(13-4-6-14(24)7-5-13)18-12-15(25)8-11-19(18)26(22(21)27)16-9-10-16/h4-8,11-12,16-17H,2-3,9-10H2,1H3,(H,28,29). The molecule has 29 heavy (non-hydrogen) atoms. The normalized spacial score (nSPS) is 14.9. The maximum atomic E-state index is 13.7. The minimum Gasteiger partial charge on any atom is -0.481 e. The molecule has 3 aromatic rings. The van der Waals surface area contributed by atoms with Crippen LogP contribution in [0.3, 0.4) is 0 Å². The summed E-state index contributed by atoms with van der Waals surface area (Å²) >= 11 is 12.4. The van der Waals surface area contributed by atoms with Gasteiger partial charge in [0.05, 0.1) is 11.4 Å². The van der Waals surface area contributed by atoms with E-state index in [1.807, 2.05) is 31.2 Å². The van der Waals surface area contributed by atoms with Crippen LogP contribution in [-0.4, -0.2) is 15.6 Å². The number of carbonyl (C=O) groups is 1. The number of carboxylic acid groups (broad SMARTS) is 1. The van der Waals surface area contributed by atoms with Gasteiger partial charge in [0.15, 0.2) is 0 Å². The molecule has 6 heteroatoms. The Balaban J connectivity index is 2.16. The average Bonchev–Trinajstić information content (AvgIpc) is 3.51. The minimum atomic E-state index is -0.983. The fourth-order valence-corrected chi connectivity index (χ4v) is 4.33. The van der Waals surface area contributed by atoms with Crippen LogP contribution in [-0.2, 0) is 4.79 Å². The Morgan fingerprint density at radius 1 is 1.14 bits per heavy atom. The van der Waals surface area contributed by atoms with Gasteiger partial charge in [-0.3, -0.25) is 9.59 Å². The largest absolute Gasteiger partial charge is 0.481 e. The number of halogens is 2. The number of hydrogen-bond donors (Lipinski definition) is 1. The van der Waals surface area contributed by atoms with Crippen molar-refractivity contribution in [3.05, 3.63) is 68.4 Å². The molecule has 1 aliphatic rings. The summed E-state index contributed by atoms with van der Waals surface area (Å²) in [6, 6.07) is 12.7. The van der Waals surface area contributed by atoms with Crippen molar-refractivity contribution >= 4 is 40.1 Å². The van der Waals surface area contributed by atoms with Crippen molar-refractivity contribution in [2.24, 2.45) is 0 Å². The molecule has 0 saturated heterocycles. The van der Waals surface area contributed by atoms with Gasteiger partial charge in [0, 0.05) is 32.6 Å². The lowest BCUT2D eigenvalue weighted by Crippen LogP contribution is -2.29. The van der Waals surface area contributed by atoms with Crippen LogP contribution in [0.4, 0.5) is 0 Å². The molecular weight excluding hydrogens is 409 g/mol. The van der Waals surface area contributed by atoms with E-state index >= 15 is 0 Å². The van der Waals surface area contributed by atoms with Crippen LogP contribution >= 0.6 is 23.2 Å². The van der Waals surface area contributed by atoms with Crippen molar-refractivity contribution in [3.63, 3.8) is 0 Å². The van der Waals surface area contributed by atoms with E-state index in [9.17, 15) is 14.7 Å². The molecule has 2 aromatic carbocycles. The Bertz CT molecular complexity index is 1150. The highest BCUT2D eigenvalue weighted by molar-refractivity contribution is 6.31. The quantitative estimate of drug-likeness (QED) is 0.501. The molecule has 0 spiro atoms. The lowest BCUT2D eigenvalue weighted by Gasteiger charge is -2.22. The number of benzene rings is 2. The predicted octanol–water partition coefficient (Wildman–Crippen LogP) is 6.28. The Morgan fingerprint density at radius 3 is 2.38 bits per heavy atom. The van der Waals surface area contributed by atoms with Gasteiger partial charge in [-0.15, -0.1) is 0 Å². The number of rotatable bonds is 6. The second-order valence-electron chi connectivity index (χ2n) is 7.54. The highest BCUT2D eigenvalue weighted by Crippen LogP contribution is 2.42. The Morgan fingerprint density at radius 2 is 1.79 bits per heavy atom. The van der Waals surface area contributed by atoms with Gasteiger partial charge < -0.3 is 9.67 Å². The monoisotopic (exact) mass is 429 g/mol. The van der Waals surface area contributed by atoms with Gasteiger partial charge in [-0.2, -0.15) is 0 Å². The van der Waals surface area contributed by atoms with Gasteiger partial charge >= 0.3 is 5.97 Å². The van der Waals surface area contributed by atoms with Gasteiger partial charge in [0.25, 0.3) is 5.56 Å². The number of nitrogens with zero attached hydrogens (tertiary/aromatic N) is 1. The number of aromatic nitrogens is 1. The van der Waals surface area contributed by atoms with Gasteiger partial charge in [-0.05, 0) is 55.2 Å². The minimum absolute atomic E-state index is 0.111. The van der Waals surface area contributed by atoms with E-state index in [1.165, 1.54) is 0 Å². The van der Waals surface area contributed by atoms with Gasteiger partial charge in [-0.25, -0.2) is 0 Å². The number of carboxylic acids is 1. The average molecular weight is 430 g/mol. The molecular formula is C23H21Cl2NO3. The fourth-order valence-electron chi connectivity index (χ4n) is 4.04. The molecule has 1 atom stereocenters. The number of fused-ring (bicyclic) bond motifs is 1. The third kappa shape index (κ3) is 3.67. The van der Waals surface area contributed by atoms with Crippen molar-refractivity contribution in [1.29, 1.82) is 0 Å². The fraction of sp³-hybridized carbons (Fsp3) is 0.304. The number of hydrogen-bond acceptors (Lipinski definition) is 2. The van der Waals surface area contributed by atoms with Crippen LogP contribution in [0.2, 0.25) is 10.0 Å². The maximum absolute atomic E-state index is 13.7. The van der Waals surface area contributed by atoms with Crippen LogP contribution in [0.5, 0.6) is 0 Å². The summed E-state index contributed by atoms with van der Waals surface area (Å²) < 4.78 is 1.77. The van der Waals surface area contributed by atoms with E-state index in [0.29, 0.717) is 34.0 Å². The van der Waals surface area contributed by atoms with Gasteiger partial charge in [-0.1, -0.05) is 48.7 Å². The summed E-state index contributed by atoms with van der Waals surface area (Å²) in [6.45, 7) is 1.93. The van der Waals surface area contributed by atoms with E-state index < -0.39 is 11.9 Å². The summed E-state index contributed by atoms with van der Waals surface area (Å²) in [5, 5.41) is 11.9. The summed E-state index contributed by atoms with van der Waals surface area (Å²) in [5.41, 5.74) is 2.31. The molecule has 0 bridgehead atoms. The lowest BCUT2D eigenvalue weighted by molar-refractivity contribution is -0.139. The maximum Gasteiger partial charge on any atom is 0.311 e. The first-order valence-corrected chi connectivity index (χ1v) is 10.5. The summed E-state index contributed by atoms with van der Waals surface area (Å²) in [5.74, 6) is -1.87. The van der Waals surface area contributed by atoms with E-state index in [0.717, 1.165) is 29.3 Å². The van der Waals surface area contributed by atoms with Crippen molar-refractivity contribution in [3.8, 4) is 11.1 Å². The first-order valence-electron chi connectivity index (χ1n) is 9.78. The molecule has 1 aliphatic carbocycles. The Kier molecular flexibility index (Phi) is 5.41. The van der Waals surface area contributed by atoms with Gasteiger partial charge in [0.2, 0.25) is 0 Å². The van der Waals surface area contributed by atoms with Crippen LogP contribution in [0.15, 0.2) is 47.3 Å².